The van der Waals surface area contributed by atoms with Crippen molar-refractivity contribution in [1.82, 2.24) is 0 Å². The zero-order valence-electron chi connectivity index (χ0n) is 14.5. The van der Waals surface area contributed by atoms with E-state index in [1.807, 2.05) is 54.6 Å². The molecular formula is C24H16O3. The van der Waals surface area contributed by atoms with E-state index in [9.17, 15) is 9.59 Å². The first-order valence-corrected chi connectivity index (χ1v) is 8.63. The summed E-state index contributed by atoms with van der Waals surface area (Å²) in [7, 11) is 0. The van der Waals surface area contributed by atoms with Gasteiger partial charge < -0.3 is 4.74 Å². The van der Waals surface area contributed by atoms with E-state index in [1.54, 1.807) is 42.5 Å². The molecule has 0 aliphatic heterocycles. The first-order valence-electron chi connectivity index (χ1n) is 8.63. The molecule has 3 nitrogen and oxygen atoms in total. The Labute approximate surface area is 156 Å². The number of ether oxygens (including phenoxy) is 1. The van der Waals surface area contributed by atoms with Crippen LogP contribution in [0, 0.1) is 0 Å². The lowest BCUT2D eigenvalue weighted by atomic mass is 9.98. The highest BCUT2D eigenvalue weighted by molar-refractivity contribution is 6.14. The zero-order chi connectivity index (χ0) is 18.6. The van der Waals surface area contributed by atoms with Crippen molar-refractivity contribution >= 4 is 22.5 Å². The predicted molar refractivity (Wildman–Crippen MR) is 105 cm³/mol. The molecule has 0 unspecified atom stereocenters. The smallest absolute Gasteiger partial charge is 0.343 e. The van der Waals surface area contributed by atoms with Crippen LogP contribution in [0.5, 0.6) is 5.75 Å². The Morgan fingerprint density at radius 2 is 1.19 bits per heavy atom. The Bertz CT molecular complexity index is 1120. The predicted octanol–water partition coefficient (Wildman–Crippen LogP) is 5.29. The van der Waals surface area contributed by atoms with Crippen molar-refractivity contribution in [2.75, 3.05) is 0 Å². The number of ketones is 1. The molecule has 0 fully saturated rings. The van der Waals surface area contributed by atoms with Crippen LogP contribution in [0.25, 0.3) is 10.8 Å². The van der Waals surface area contributed by atoms with Gasteiger partial charge in [-0.25, -0.2) is 4.79 Å². The fourth-order valence-electron chi connectivity index (χ4n) is 3.00. The average molecular weight is 352 g/mol. The molecule has 0 N–H and O–H groups in total. The van der Waals surface area contributed by atoms with Crippen molar-refractivity contribution in [3.8, 4) is 5.75 Å². The van der Waals surface area contributed by atoms with E-state index < -0.39 is 5.97 Å². The van der Waals surface area contributed by atoms with Crippen LogP contribution in [0.4, 0.5) is 0 Å². The number of fused-ring (bicyclic) bond motifs is 1. The molecular weight excluding hydrogens is 336 g/mol. The summed E-state index contributed by atoms with van der Waals surface area (Å²) in [5.41, 5.74) is 1.34. The minimum atomic E-state index is -0.492. The van der Waals surface area contributed by atoms with E-state index in [0.717, 1.165) is 10.8 Å². The summed E-state index contributed by atoms with van der Waals surface area (Å²) in [6.07, 6.45) is 0. The van der Waals surface area contributed by atoms with Crippen LogP contribution < -0.4 is 4.74 Å². The lowest BCUT2D eigenvalue weighted by Crippen LogP contribution is -2.12. The fourth-order valence-corrected chi connectivity index (χ4v) is 3.00. The molecule has 0 aromatic heterocycles. The average Bonchev–Trinajstić information content (AvgIpc) is 2.74. The molecule has 0 spiro atoms. The summed E-state index contributed by atoms with van der Waals surface area (Å²) in [5.74, 6) is -0.387. The molecule has 4 aromatic rings. The molecule has 4 aromatic carbocycles. The molecule has 27 heavy (non-hydrogen) atoms. The summed E-state index contributed by atoms with van der Waals surface area (Å²) < 4.78 is 5.73. The van der Waals surface area contributed by atoms with Gasteiger partial charge in [-0.15, -0.1) is 0 Å². The molecule has 0 radical (unpaired) electrons. The van der Waals surface area contributed by atoms with Crippen LogP contribution >= 0.6 is 0 Å². The number of esters is 1. The topological polar surface area (TPSA) is 43.4 Å². The van der Waals surface area contributed by atoms with Gasteiger partial charge >= 0.3 is 5.97 Å². The third-order valence-electron chi connectivity index (χ3n) is 4.36. The Hall–Kier alpha value is -3.72. The molecule has 0 bridgehead atoms. The summed E-state index contributed by atoms with van der Waals surface area (Å²) in [4.78, 5) is 25.7. The highest BCUT2D eigenvalue weighted by atomic mass is 16.5. The number of hydrogen-bond acceptors (Lipinski definition) is 3. The van der Waals surface area contributed by atoms with Gasteiger partial charge in [-0.3, -0.25) is 4.79 Å². The van der Waals surface area contributed by atoms with Crippen molar-refractivity contribution in [2.45, 2.75) is 0 Å². The van der Waals surface area contributed by atoms with Crippen LogP contribution in [0.3, 0.4) is 0 Å². The zero-order valence-corrected chi connectivity index (χ0v) is 14.5. The number of benzene rings is 4. The van der Waals surface area contributed by atoms with Crippen molar-refractivity contribution in [3.63, 3.8) is 0 Å². The van der Waals surface area contributed by atoms with E-state index >= 15 is 0 Å². The van der Waals surface area contributed by atoms with Crippen LogP contribution in [0.1, 0.15) is 26.3 Å². The fraction of sp³-hybridized carbons (Fsp3) is 0. The maximum Gasteiger partial charge on any atom is 0.343 e. The Balaban J connectivity index is 1.83. The van der Waals surface area contributed by atoms with Gasteiger partial charge in [0, 0.05) is 10.9 Å². The van der Waals surface area contributed by atoms with Gasteiger partial charge in [0.1, 0.15) is 5.75 Å². The standard InChI is InChI=1S/C24H16O3/c25-22(18-10-3-1-4-11-18)21-16-15-17-9-7-8-14-20(17)23(21)27-24(26)19-12-5-2-6-13-19/h1-16H. The molecule has 0 saturated heterocycles. The SMILES string of the molecule is O=C(Oc1c(C(=O)c2ccccc2)ccc2ccccc12)c1ccccc1. The van der Waals surface area contributed by atoms with Crippen LogP contribution in [0.15, 0.2) is 97.1 Å². The maximum atomic E-state index is 13.0. The van der Waals surface area contributed by atoms with E-state index in [0.29, 0.717) is 16.7 Å². The lowest BCUT2D eigenvalue weighted by molar-refractivity contribution is 0.0735. The number of rotatable bonds is 4. The Kier molecular flexibility index (Phi) is 4.50. The molecule has 0 aliphatic rings. The maximum absolute atomic E-state index is 13.0. The van der Waals surface area contributed by atoms with Crippen LogP contribution in [0.2, 0.25) is 0 Å². The Morgan fingerprint density at radius 3 is 1.89 bits per heavy atom. The molecule has 4 rings (SSSR count). The summed E-state index contributed by atoms with van der Waals surface area (Å²) in [6, 6.07) is 28.8. The molecule has 3 heteroatoms. The minimum absolute atomic E-state index is 0.183. The first kappa shape index (κ1) is 16.7. The van der Waals surface area contributed by atoms with Crippen molar-refractivity contribution in [2.24, 2.45) is 0 Å². The molecule has 130 valence electrons. The monoisotopic (exact) mass is 352 g/mol. The lowest BCUT2D eigenvalue weighted by Gasteiger charge is -2.13. The second-order valence-corrected chi connectivity index (χ2v) is 6.11. The van der Waals surface area contributed by atoms with Gasteiger partial charge in [-0.1, -0.05) is 78.9 Å². The first-order chi connectivity index (χ1) is 13.2. The summed E-state index contributed by atoms with van der Waals surface area (Å²) in [5, 5.41) is 1.63. The number of carbonyl (C=O) groups excluding carboxylic acids is 2. The third kappa shape index (κ3) is 3.35. The summed E-state index contributed by atoms with van der Waals surface area (Å²) >= 11 is 0. The summed E-state index contributed by atoms with van der Waals surface area (Å²) in [6.45, 7) is 0. The van der Waals surface area contributed by atoms with Gasteiger partial charge in [0.2, 0.25) is 0 Å². The van der Waals surface area contributed by atoms with E-state index in [4.69, 9.17) is 4.74 Å². The molecule has 0 atom stereocenters. The van der Waals surface area contributed by atoms with E-state index in [2.05, 4.69) is 0 Å². The highest BCUT2D eigenvalue weighted by Crippen LogP contribution is 2.32. The quantitative estimate of drug-likeness (QED) is 0.285. The number of carbonyl (C=O) groups is 2. The van der Waals surface area contributed by atoms with E-state index in [-0.39, 0.29) is 11.5 Å². The molecule has 0 aliphatic carbocycles. The van der Waals surface area contributed by atoms with Gasteiger partial charge in [0.25, 0.3) is 0 Å². The minimum Gasteiger partial charge on any atom is -0.421 e. The number of hydrogen-bond donors (Lipinski definition) is 0. The molecule has 0 amide bonds. The second-order valence-electron chi connectivity index (χ2n) is 6.11. The van der Waals surface area contributed by atoms with Crippen molar-refractivity contribution in [3.05, 3.63) is 114 Å². The van der Waals surface area contributed by atoms with Gasteiger partial charge in [-0.2, -0.15) is 0 Å². The normalized spacial score (nSPS) is 10.5. The van der Waals surface area contributed by atoms with E-state index in [1.165, 1.54) is 0 Å². The Morgan fingerprint density at radius 1 is 0.593 bits per heavy atom. The largest absolute Gasteiger partial charge is 0.421 e. The molecule has 0 heterocycles. The van der Waals surface area contributed by atoms with Crippen molar-refractivity contribution in [1.29, 1.82) is 0 Å². The van der Waals surface area contributed by atoms with Crippen LogP contribution in [-0.4, -0.2) is 11.8 Å². The van der Waals surface area contributed by atoms with Gasteiger partial charge in [0.05, 0.1) is 11.1 Å². The third-order valence-corrected chi connectivity index (χ3v) is 4.36. The second kappa shape index (κ2) is 7.26. The molecule has 0 saturated carbocycles. The highest BCUT2D eigenvalue weighted by Gasteiger charge is 2.20. The van der Waals surface area contributed by atoms with Gasteiger partial charge in [0.15, 0.2) is 5.78 Å². The van der Waals surface area contributed by atoms with Crippen LogP contribution in [-0.2, 0) is 0 Å². The van der Waals surface area contributed by atoms with Crippen molar-refractivity contribution < 1.29 is 14.3 Å². The van der Waals surface area contributed by atoms with Gasteiger partial charge in [-0.05, 0) is 23.6 Å².